The molecule has 0 heterocycles. The van der Waals surface area contributed by atoms with Crippen molar-refractivity contribution in [3.05, 3.63) is 0 Å². The topological polar surface area (TPSA) is 37.3 Å². The molecule has 0 fully saturated rings. The Bertz CT molecular complexity index is 17.1. The van der Waals surface area contributed by atoms with Crippen LogP contribution in [0.1, 0.15) is 0 Å². The van der Waals surface area contributed by atoms with Crippen molar-refractivity contribution >= 4 is 20.3 Å². The van der Waals surface area contributed by atoms with Gasteiger partial charge in [0.05, 0.1) is 0 Å². The van der Waals surface area contributed by atoms with Gasteiger partial charge >= 0.3 is 0 Å². The Hall–Kier alpha value is 0.480. The average Bonchev–Trinajstić information content (AvgIpc) is 1.46. The van der Waals surface area contributed by atoms with Crippen LogP contribution in [0.4, 0.5) is 0 Å². The fraction of sp³-hybridized carbons (Fsp3) is 1.00. The zero-order valence-electron chi connectivity index (χ0n) is 2.81. The van der Waals surface area contributed by atoms with Crippen molar-refractivity contribution in [2.45, 2.75) is 0 Å². The second kappa shape index (κ2) is 24.8. The minimum absolute atomic E-state index is 1.47. The van der Waals surface area contributed by atoms with Crippen molar-refractivity contribution in [2.75, 3.05) is 6.38 Å². The summed E-state index contributed by atoms with van der Waals surface area (Å²) in [5.41, 5.74) is 0. The highest BCUT2D eigenvalue weighted by molar-refractivity contribution is 7.16. The smallest absolute Gasteiger partial charge is 0.177 e. The summed E-state index contributed by atoms with van der Waals surface area (Å²) in [5, 5.41) is 0. The van der Waals surface area contributed by atoms with Crippen LogP contribution in [0.2, 0.25) is 0 Å². The summed E-state index contributed by atoms with van der Waals surface area (Å²) in [6.07, 6.45) is 1.47. The molecule has 0 aliphatic rings. The molecule has 0 saturated carbocycles. The van der Waals surface area contributed by atoms with E-state index >= 15 is 0 Å². The molecule has 0 aromatic carbocycles. The molecule has 0 aromatic heterocycles. The Morgan fingerprint density at radius 2 is 1.80 bits per heavy atom. The van der Waals surface area contributed by atoms with Crippen LogP contribution in [-0.2, 0) is 4.57 Å². The Kier molecular flexibility index (Phi) is 45.0. The molecule has 34 valence electrons. The molecule has 0 amide bonds. The molecule has 4 heteroatoms. The van der Waals surface area contributed by atoms with Crippen LogP contribution in [0.5, 0.6) is 0 Å². The highest BCUT2D eigenvalue weighted by Gasteiger charge is 1.17. The molecule has 0 radical (unpaired) electrons. The maximum absolute atomic E-state index is 8.57. The van der Waals surface area contributed by atoms with Gasteiger partial charge in [0.15, 0.2) is 8.69 Å². The van der Waals surface area contributed by atoms with E-state index in [-0.39, 0.29) is 0 Å². The van der Waals surface area contributed by atoms with E-state index in [0.717, 1.165) is 0 Å². The van der Waals surface area contributed by atoms with Crippen LogP contribution in [0, 0.1) is 0 Å². The summed E-state index contributed by atoms with van der Waals surface area (Å²) in [5.74, 6) is 0. The maximum atomic E-state index is 8.57. The van der Waals surface area contributed by atoms with Gasteiger partial charge in [-0.15, -0.1) is 11.6 Å². The standard InChI is InChI=1S/CH3Cl.H3O2P/c1-2;1-3-2/h1H3;3H2,(H,1,2). The van der Waals surface area contributed by atoms with Crippen molar-refractivity contribution < 1.29 is 9.46 Å². The van der Waals surface area contributed by atoms with Crippen molar-refractivity contribution in [1.29, 1.82) is 0 Å². The molecular weight excluding hydrogens is 110 g/mol. The predicted octanol–water partition coefficient (Wildman–Crippen LogP) is 0.505. The number of hydrogen-bond acceptors (Lipinski definition) is 1. The summed E-state index contributed by atoms with van der Waals surface area (Å²) < 4.78 is 8.57. The summed E-state index contributed by atoms with van der Waals surface area (Å²) in [6.45, 7) is 0. The van der Waals surface area contributed by atoms with Crippen LogP contribution in [-0.4, -0.2) is 11.3 Å². The molecule has 1 N–H and O–H groups in total. The summed E-state index contributed by atoms with van der Waals surface area (Å²) in [7, 11) is -1.50. The van der Waals surface area contributed by atoms with Crippen molar-refractivity contribution in [3.8, 4) is 0 Å². The molecule has 0 rings (SSSR count). The first kappa shape index (κ1) is 9.08. The first-order chi connectivity index (χ1) is 2.41. The first-order valence-corrected chi connectivity index (χ1v) is 2.62. The third-order valence-electron chi connectivity index (χ3n) is 0. The van der Waals surface area contributed by atoms with Gasteiger partial charge < -0.3 is 4.89 Å². The van der Waals surface area contributed by atoms with Crippen LogP contribution in [0.3, 0.4) is 0 Å². The SMILES string of the molecule is CCl.O=[PH2]O. The average molecular weight is 116 g/mol. The van der Waals surface area contributed by atoms with E-state index in [1.54, 1.807) is 0 Å². The van der Waals surface area contributed by atoms with Gasteiger partial charge in [-0.3, -0.25) is 4.57 Å². The Morgan fingerprint density at radius 3 is 1.80 bits per heavy atom. The molecule has 2 nitrogen and oxygen atoms in total. The predicted molar refractivity (Wildman–Crippen MR) is 24.4 cm³/mol. The lowest BCUT2D eigenvalue weighted by molar-refractivity contribution is 0.524. The van der Waals surface area contributed by atoms with Crippen LogP contribution < -0.4 is 0 Å². The van der Waals surface area contributed by atoms with Gasteiger partial charge in [0.25, 0.3) is 0 Å². The van der Waals surface area contributed by atoms with Crippen LogP contribution >= 0.6 is 20.3 Å². The molecule has 0 saturated heterocycles. The Labute approximate surface area is 37.0 Å². The molecule has 1 unspecified atom stereocenters. The summed E-state index contributed by atoms with van der Waals surface area (Å²) in [6, 6.07) is 0. The normalized spacial score (nSPS) is 7.00. The van der Waals surface area contributed by atoms with Gasteiger partial charge in [-0.1, -0.05) is 0 Å². The van der Waals surface area contributed by atoms with E-state index in [0.29, 0.717) is 0 Å². The van der Waals surface area contributed by atoms with Crippen molar-refractivity contribution in [3.63, 3.8) is 0 Å². The van der Waals surface area contributed by atoms with Gasteiger partial charge in [0.2, 0.25) is 0 Å². The zero-order valence-corrected chi connectivity index (χ0v) is 4.72. The molecular formula is CH6ClO2P. The third kappa shape index (κ3) is 120. The van der Waals surface area contributed by atoms with E-state index in [4.69, 9.17) is 9.46 Å². The van der Waals surface area contributed by atoms with Gasteiger partial charge in [0, 0.05) is 6.38 Å². The Morgan fingerprint density at radius 1 is 1.80 bits per heavy atom. The third-order valence-corrected chi connectivity index (χ3v) is 0. The quantitative estimate of drug-likeness (QED) is 0.370. The second-order valence-electron chi connectivity index (χ2n) is 0.105. The fourth-order valence-electron chi connectivity index (χ4n) is 0. The van der Waals surface area contributed by atoms with E-state index < -0.39 is 8.69 Å². The highest BCUT2D eigenvalue weighted by atomic mass is 35.5. The second-order valence-corrected chi connectivity index (χ2v) is 0.316. The molecule has 0 bridgehead atoms. The summed E-state index contributed by atoms with van der Waals surface area (Å²) >= 11 is 4.64. The molecule has 5 heavy (non-hydrogen) atoms. The van der Waals surface area contributed by atoms with Gasteiger partial charge in [-0.2, -0.15) is 0 Å². The first-order valence-electron chi connectivity index (χ1n) is 0.872. The largest absolute Gasteiger partial charge is 0.348 e. The molecule has 0 spiro atoms. The minimum Gasteiger partial charge on any atom is -0.348 e. The van der Waals surface area contributed by atoms with E-state index in [2.05, 4.69) is 11.6 Å². The van der Waals surface area contributed by atoms with E-state index in [1.165, 1.54) is 6.38 Å². The molecule has 1 atom stereocenters. The lowest BCUT2D eigenvalue weighted by atomic mass is 12.0. The van der Waals surface area contributed by atoms with Gasteiger partial charge in [-0.05, 0) is 0 Å². The number of halogens is 1. The van der Waals surface area contributed by atoms with Crippen molar-refractivity contribution in [2.24, 2.45) is 0 Å². The molecule has 0 aliphatic heterocycles. The monoisotopic (exact) mass is 116 g/mol. The number of hydrogen-bond donors (Lipinski definition) is 1. The van der Waals surface area contributed by atoms with Crippen LogP contribution in [0.25, 0.3) is 0 Å². The van der Waals surface area contributed by atoms with Gasteiger partial charge in [0.1, 0.15) is 0 Å². The lowest BCUT2D eigenvalue weighted by Gasteiger charge is -1.33. The van der Waals surface area contributed by atoms with E-state index in [9.17, 15) is 0 Å². The lowest BCUT2D eigenvalue weighted by Crippen LogP contribution is -1.03. The fourth-order valence-corrected chi connectivity index (χ4v) is 0. The summed E-state index contributed by atoms with van der Waals surface area (Å²) in [4.78, 5) is 7.10. The minimum atomic E-state index is -1.50. The number of rotatable bonds is 0. The van der Waals surface area contributed by atoms with Gasteiger partial charge in [-0.25, -0.2) is 0 Å². The Balaban J connectivity index is 0. The molecule has 0 aliphatic carbocycles. The van der Waals surface area contributed by atoms with Crippen molar-refractivity contribution in [1.82, 2.24) is 0 Å². The van der Waals surface area contributed by atoms with Crippen LogP contribution in [0.15, 0.2) is 0 Å². The highest BCUT2D eigenvalue weighted by Crippen LogP contribution is 1.66. The number of alkyl halides is 1. The van der Waals surface area contributed by atoms with E-state index in [1.807, 2.05) is 0 Å². The molecule has 0 aromatic rings. The maximum Gasteiger partial charge on any atom is 0.177 e. The zero-order chi connectivity index (χ0) is 4.71.